The summed E-state index contributed by atoms with van der Waals surface area (Å²) in [5.74, 6) is 1.05. The Morgan fingerprint density at radius 3 is 2.80 bits per heavy atom. The van der Waals surface area contributed by atoms with Gasteiger partial charge >= 0.3 is 0 Å². The number of nitrogens with one attached hydrogen (secondary N) is 2. The predicted molar refractivity (Wildman–Crippen MR) is 85.3 cm³/mol. The van der Waals surface area contributed by atoms with Crippen LogP contribution in [0.25, 0.3) is 0 Å². The summed E-state index contributed by atoms with van der Waals surface area (Å²) in [5, 5.41) is 6.45. The minimum atomic E-state index is 0. The zero-order valence-corrected chi connectivity index (χ0v) is 12.9. The van der Waals surface area contributed by atoms with E-state index in [-0.39, 0.29) is 24.2 Å². The molecule has 4 heteroatoms. The molecule has 0 spiro atoms. The molecule has 1 aromatic carbocycles. The molecule has 1 amide bonds. The van der Waals surface area contributed by atoms with Crippen molar-refractivity contribution in [1.82, 2.24) is 10.6 Å². The van der Waals surface area contributed by atoms with E-state index in [0.717, 1.165) is 19.6 Å². The third-order valence-electron chi connectivity index (χ3n) is 3.85. The van der Waals surface area contributed by atoms with E-state index in [9.17, 15) is 4.79 Å². The molecule has 0 radical (unpaired) electrons. The van der Waals surface area contributed by atoms with E-state index >= 15 is 0 Å². The SMILES string of the molecule is CC(CC(=O)NCC1CCCNC1)c1ccccc1.Cl. The van der Waals surface area contributed by atoms with E-state index in [1.807, 2.05) is 18.2 Å². The van der Waals surface area contributed by atoms with Gasteiger partial charge in [-0.05, 0) is 43.3 Å². The van der Waals surface area contributed by atoms with Crippen molar-refractivity contribution in [3.63, 3.8) is 0 Å². The molecule has 112 valence electrons. The number of hydrogen-bond donors (Lipinski definition) is 2. The third-order valence-corrected chi connectivity index (χ3v) is 3.85. The van der Waals surface area contributed by atoms with Gasteiger partial charge in [-0.2, -0.15) is 0 Å². The Bertz CT molecular complexity index is 391. The number of benzene rings is 1. The number of rotatable bonds is 5. The molecule has 3 nitrogen and oxygen atoms in total. The Balaban J connectivity index is 0.00000200. The average Bonchev–Trinajstić information content (AvgIpc) is 2.47. The number of amides is 1. The molecule has 1 saturated heterocycles. The Labute approximate surface area is 127 Å². The van der Waals surface area contributed by atoms with Gasteiger partial charge in [0, 0.05) is 13.0 Å². The molecule has 1 fully saturated rings. The molecule has 0 saturated carbocycles. The molecule has 2 rings (SSSR count). The summed E-state index contributed by atoms with van der Waals surface area (Å²) in [4.78, 5) is 11.9. The fraction of sp³-hybridized carbons (Fsp3) is 0.562. The highest BCUT2D eigenvalue weighted by Crippen LogP contribution is 2.18. The first-order valence-electron chi connectivity index (χ1n) is 7.28. The average molecular weight is 297 g/mol. The smallest absolute Gasteiger partial charge is 0.220 e. The van der Waals surface area contributed by atoms with Crippen LogP contribution in [0.5, 0.6) is 0 Å². The van der Waals surface area contributed by atoms with Crippen LogP contribution in [0.15, 0.2) is 30.3 Å². The maximum absolute atomic E-state index is 11.9. The first-order chi connectivity index (χ1) is 9.25. The van der Waals surface area contributed by atoms with Crippen LogP contribution < -0.4 is 10.6 Å². The quantitative estimate of drug-likeness (QED) is 0.877. The Morgan fingerprint density at radius 1 is 1.40 bits per heavy atom. The monoisotopic (exact) mass is 296 g/mol. The maximum atomic E-state index is 11.9. The van der Waals surface area contributed by atoms with E-state index in [1.165, 1.54) is 18.4 Å². The molecule has 0 aliphatic carbocycles. The predicted octanol–water partition coefficient (Wildman–Crippen LogP) is 2.72. The Hall–Kier alpha value is -1.06. The summed E-state index contributed by atoms with van der Waals surface area (Å²) in [7, 11) is 0. The van der Waals surface area contributed by atoms with Crippen molar-refractivity contribution in [2.75, 3.05) is 19.6 Å². The molecule has 0 bridgehead atoms. The van der Waals surface area contributed by atoms with E-state index in [2.05, 4.69) is 29.7 Å². The van der Waals surface area contributed by atoms with Gasteiger partial charge in [0.25, 0.3) is 0 Å². The topological polar surface area (TPSA) is 41.1 Å². The van der Waals surface area contributed by atoms with Gasteiger partial charge in [0.15, 0.2) is 0 Å². The summed E-state index contributed by atoms with van der Waals surface area (Å²) in [6.45, 7) is 5.08. The second-order valence-electron chi connectivity index (χ2n) is 5.53. The van der Waals surface area contributed by atoms with Crippen molar-refractivity contribution in [1.29, 1.82) is 0 Å². The van der Waals surface area contributed by atoms with Crippen molar-refractivity contribution in [3.8, 4) is 0 Å². The lowest BCUT2D eigenvalue weighted by Gasteiger charge is -2.23. The van der Waals surface area contributed by atoms with Crippen LogP contribution in [0.1, 0.15) is 37.7 Å². The molecule has 2 atom stereocenters. The molecule has 20 heavy (non-hydrogen) atoms. The van der Waals surface area contributed by atoms with E-state index < -0.39 is 0 Å². The van der Waals surface area contributed by atoms with E-state index in [1.54, 1.807) is 0 Å². The van der Waals surface area contributed by atoms with Gasteiger partial charge in [0.1, 0.15) is 0 Å². The van der Waals surface area contributed by atoms with Crippen LogP contribution in [0, 0.1) is 5.92 Å². The van der Waals surface area contributed by atoms with Gasteiger partial charge in [-0.3, -0.25) is 4.79 Å². The lowest BCUT2D eigenvalue weighted by atomic mass is 9.97. The van der Waals surface area contributed by atoms with Crippen LogP contribution >= 0.6 is 12.4 Å². The van der Waals surface area contributed by atoms with Crippen LogP contribution in [0.3, 0.4) is 0 Å². The Morgan fingerprint density at radius 2 is 2.15 bits per heavy atom. The van der Waals surface area contributed by atoms with Crippen LogP contribution in [-0.2, 0) is 4.79 Å². The summed E-state index contributed by atoms with van der Waals surface area (Å²) < 4.78 is 0. The summed E-state index contributed by atoms with van der Waals surface area (Å²) in [6.07, 6.45) is 3.02. The molecule has 0 aromatic heterocycles. The van der Waals surface area contributed by atoms with Gasteiger partial charge in [-0.25, -0.2) is 0 Å². The van der Waals surface area contributed by atoms with Crippen molar-refractivity contribution in [2.24, 2.45) is 5.92 Å². The van der Waals surface area contributed by atoms with Gasteiger partial charge in [-0.15, -0.1) is 12.4 Å². The van der Waals surface area contributed by atoms with Crippen molar-refractivity contribution < 1.29 is 4.79 Å². The third kappa shape index (κ3) is 5.51. The maximum Gasteiger partial charge on any atom is 0.220 e. The van der Waals surface area contributed by atoms with E-state index in [4.69, 9.17) is 0 Å². The van der Waals surface area contributed by atoms with Gasteiger partial charge in [-0.1, -0.05) is 37.3 Å². The lowest BCUT2D eigenvalue weighted by Crippen LogP contribution is -2.38. The van der Waals surface area contributed by atoms with Crippen LogP contribution in [0.4, 0.5) is 0 Å². The van der Waals surface area contributed by atoms with Crippen molar-refractivity contribution >= 4 is 18.3 Å². The number of piperidine rings is 1. The number of halogens is 1. The molecular weight excluding hydrogens is 272 g/mol. The molecule has 1 heterocycles. The normalized spacial score (nSPS) is 19.8. The van der Waals surface area contributed by atoms with Crippen LogP contribution in [0.2, 0.25) is 0 Å². The number of carbonyl (C=O) groups excluding carboxylic acids is 1. The zero-order valence-electron chi connectivity index (χ0n) is 12.1. The first-order valence-corrected chi connectivity index (χ1v) is 7.28. The zero-order chi connectivity index (χ0) is 13.5. The highest BCUT2D eigenvalue weighted by molar-refractivity contribution is 5.85. The fourth-order valence-electron chi connectivity index (χ4n) is 2.61. The van der Waals surface area contributed by atoms with Crippen LogP contribution in [-0.4, -0.2) is 25.5 Å². The minimum absolute atomic E-state index is 0. The first kappa shape index (κ1) is 17.0. The molecule has 2 unspecified atom stereocenters. The van der Waals surface area contributed by atoms with Gasteiger partial charge < -0.3 is 10.6 Å². The largest absolute Gasteiger partial charge is 0.356 e. The van der Waals surface area contributed by atoms with E-state index in [0.29, 0.717) is 12.3 Å². The summed E-state index contributed by atoms with van der Waals surface area (Å²) in [6, 6.07) is 10.2. The second kappa shape index (κ2) is 8.98. The highest BCUT2D eigenvalue weighted by Gasteiger charge is 2.15. The molecule has 2 N–H and O–H groups in total. The molecule has 1 aliphatic heterocycles. The second-order valence-corrected chi connectivity index (χ2v) is 5.53. The lowest BCUT2D eigenvalue weighted by molar-refractivity contribution is -0.121. The van der Waals surface area contributed by atoms with Gasteiger partial charge in [0.05, 0.1) is 0 Å². The number of carbonyl (C=O) groups is 1. The fourth-order valence-corrected chi connectivity index (χ4v) is 2.61. The highest BCUT2D eigenvalue weighted by atomic mass is 35.5. The van der Waals surface area contributed by atoms with Gasteiger partial charge in [0.2, 0.25) is 5.91 Å². The minimum Gasteiger partial charge on any atom is -0.356 e. The summed E-state index contributed by atoms with van der Waals surface area (Å²) >= 11 is 0. The summed E-state index contributed by atoms with van der Waals surface area (Å²) in [5.41, 5.74) is 1.23. The Kier molecular flexibility index (Phi) is 7.63. The molecular formula is C16H25ClN2O. The molecule has 1 aliphatic rings. The van der Waals surface area contributed by atoms with Crippen molar-refractivity contribution in [2.45, 2.75) is 32.1 Å². The van der Waals surface area contributed by atoms with Crippen molar-refractivity contribution in [3.05, 3.63) is 35.9 Å². The standard InChI is InChI=1S/C16H24N2O.ClH/c1-13(15-7-3-2-4-8-15)10-16(19)18-12-14-6-5-9-17-11-14;/h2-4,7-8,13-14,17H,5-6,9-12H2,1H3,(H,18,19);1H. The number of hydrogen-bond acceptors (Lipinski definition) is 2. The molecule has 1 aromatic rings.